The Morgan fingerprint density at radius 2 is 2.05 bits per heavy atom. The first-order chi connectivity index (χ1) is 10.6. The van der Waals surface area contributed by atoms with E-state index in [1.807, 2.05) is 19.1 Å². The number of hydrogen-bond acceptors (Lipinski definition) is 4. The molecule has 1 heterocycles. The number of carbonyl (C=O) groups is 1. The second-order valence-corrected chi connectivity index (χ2v) is 4.44. The Morgan fingerprint density at radius 1 is 1.32 bits per heavy atom. The van der Waals surface area contributed by atoms with E-state index >= 15 is 0 Å². The van der Waals surface area contributed by atoms with Crippen molar-refractivity contribution in [2.45, 2.75) is 6.92 Å². The van der Waals surface area contributed by atoms with Gasteiger partial charge in [0.2, 0.25) is 0 Å². The third-order valence-corrected chi connectivity index (χ3v) is 2.83. The first-order valence-corrected chi connectivity index (χ1v) is 6.45. The highest BCUT2D eigenvalue weighted by Gasteiger charge is 2.09. The predicted molar refractivity (Wildman–Crippen MR) is 81.3 cm³/mol. The van der Waals surface area contributed by atoms with Gasteiger partial charge in [-0.05, 0) is 42.8 Å². The van der Waals surface area contributed by atoms with E-state index in [-0.39, 0.29) is 5.57 Å². The van der Waals surface area contributed by atoms with Gasteiger partial charge < -0.3 is 10.6 Å². The fraction of sp³-hybridized carbons (Fsp3) is 0.0625. The van der Waals surface area contributed by atoms with Crippen molar-refractivity contribution in [1.82, 2.24) is 4.98 Å². The summed E-state index contributed by atoms with van der Waals surface area (Å²) in [5.74, 6) is -0.429. The van der Waals surface area contributed by atoms with Crippen LogP contribution in [0.3, 0.4) is 0 Å². The molecular weight excluding hydrogens is 283 g/mol. The highest BCUT2D eigenvalue weighted by Crippen LogP contribution is 2.12. The molecule has 110 valence electrons. The van der Waals surface area contributed by atoms with Crippen molar-refractivity contribution >= 4 is 17.4 Å². The van der Waals surface area contributed by atoms with E-state index < -0.39 is 11.7 Å². The third kappa shape index (κ3) is 3.90. The topological polar surface area (TPSA) is 77.8 Å². The fourth-order valence-electron chi connectivity index (χ4n) is 1.66. The molecular formula is C16H13FN4O. The van der Waals surface area contributed by atoms with Crippen LogP contribution in [0.25, 0.3) is 0 Å². The molecule has 0 fully saturated rings. The van der Waals surface area contributed by atoms with Crippen molar-refractivity contribution in [1.29, 1.82) is 5.26 Å². The van der Waals surface area contributed by atoms with Crippen LogP contribution in [0, 0.1) is 24.1 Å². The summed E-state index contributed by atoms with van der Waals surface area (Å²) in [4.78, 5) is 16.1. The maximum Gasteiger partial charge on any atom is 0.267 e. The van der Waals surface area contributed by atoms with Crippen LogP contribution in [0.4, 0.5) is 15.9 Å². The summed E-state index contributed by atoms with van der Waals surface area (Å²) in [5, 5.41) is 14.4. The number of benzene rings is 1. The molecule has 5 nitrogen and oxygen atoms in total. The number of rotatable bonds is 4. The molecule has 0 aliphatic heterocycles. The molecule has 1 aromatic heterocycles. The third-order valence-electron chi connectivity index (χ3n) is 2.83. The average Bonchev–Trinajstić information content (AvgIpc) is 2.52. The molecule has 0 saturated carbocycles. The number of pyridine rings is 1. The monoisotopic (exact) mass is 296 g/mol. The number of anilines is 2. The molecule has 0 bridgehead atoms. The van der Waals surface area contributed by atoms with Gasteiger partial charge in [-0.2, -0.15) is 5.26 Å². The molecule has 0 aliphatic rings. The smallest absolute Gasteiger partial charge is 0.267 e. The standard InChI is InChI=1S/C16H13FN4O/c1-11-3-2-8-19-15(11)20-10-12(9-18)16(22)21-14-6-4-13(17)5-7-14/h2-8,10H,1H3,(H,19,20)(H,21,22)/b12-10-. The Kier molecular flexibility index (Phi) is 4.83. The quantitative estimate of drug-likeness (QED) is 0.671. The van der Waals surface area contributed by atoms with Crippen molar-refractivity contribution in [3.8, 4) is 6.07 Å². The van der Waals surface area contributed by atoms with Crippen LogP contribution in [-0.4, -0.2) is 10.9 Å². The zero-order valence-corrected chi connectivity index (χ0v) is 11.8. The van der Waals surface area contributed by atoms with Gasteiger partial charge in [-0.25, -0.2) is 9.37 Å². The maximum atomic E-state index is 12.8. The minimum absolute atomic E-state index is 0.116. The minimum Gasteiger partial charge on any atom is -0.345 e. The fourth-order valence-corrected chi connectivity index (χ4v) is 1.66. The van der Waals surface area contributed by atoms with Gasteiger partial charge in [0.1, 0.15) is 23.3 Å². The molecule has 0 atom stereocenters. The summed E-state index contributed by atoms with van der Waals surface area (Å²) in [6.45, 7) is 1.85. The number of aromatic nitrogens is 1. The number of carbonyl (C=O) groups excluding carboxylic acids is 1. The van der Waals surface area contributed by atoms with Crippen LogP contribution in [0.1, 0.15) is 5.56 Å². The summed E-state index contributed by atoms with van der Waals surface area (Å²) < 4.78 is 12.8. The van der Waals surface area contributed by atoms with Crippen molar-refractivity contribution in [3.63, 3.8) is 0 Å². The molecule has 1 aromatic carbocycles. The highest BCUT2D eigenvalue weighted by molar-refractivity contribution is 6.06. The van der Waals surface area contributed by atoms with Gasteiger partial charge in [0.15, 0.2) is 0 Å². The first kappa shape index (κ1) is 15.2. The zero-order chi connectivity index (χ0) is 15.9. The number of nitrogens with zero attached hydrogens (tertiary/aromatic N) is 2. The molecule has 0 aliphatic carbocycles. The molecule has 2 rings (SSSR count). The van der Waals surface area contributed by atoms with Gasteiger partial charge in [0.05, 0.1) is 0 Å². The SMILES string of the molecule is Cc1cccnc1N/C=C(/C#N)C(=O)Nc1ccc(F)cc1. The second-order valence-electron chi connectivity index (χ2n) is 4.44. The van der Waals surface area contributed by atoms with Crippen molar-refractivity contribution in [2.75, 3.05) is 10.6 Å². The van der Waals surface area contributed by atoms with Gasteiger partial charge in [0.25, 0.3) is 5.91 Å². The van der Waals surface area contributed by atoms with E-state index in [0.717, 1.165) is 5.56 Å². The van der Waals surface area contributed by atoms with E-state index in [0.29, 0.717) is 11.5 Å². The van der Waals surface area contributed by atoms with Gasteiger partial charge in [-0.1, -0.05) is 6.07 Å². The van der Waals surface area contributed by atoms with E-state index in [9.17, 15) is 9.18 Å². The maximum absolute atomic E-state index is 12.8. The van der Waals surface area contributed by atoms with Crippen LogP contribution in [-0.2, 0) is 4.79 Å². The summed E-state index contributed by atoms with van der Waals surface area (Å²) in [6, 6.07) is 10.7. The summed E-state index contributed by atoms with van der Waals surface area (Å²) in [7, 11) is 0. The van der Waals surface area contributed by atoms with Gasteiger partial charge in [-0.3, -0.25) is 4.79 Å². The Bertz CT molecular complexity index is 747. The van der Waals surface area contributed by atoms with Crippen LogP contribution in [0.5, 0.6) is 0 Å². The Morgan fingerprint density at radius 3 is 2.68 bits per heavy atom. The number of nitrogens with one attached hydrogen (secondary N) is 2. The number of amides is 1. The minimum atomic E-state index is -0.588. The molecule has 0 radical (unpaired) electrons. The molecule has 2 N–H and O–H groups in total. The largest absolute Gasteiger partial charge is 0.345 e. The van der Waals surface area contributed by atoms with Gasteiger partial charge in [0, 0.05) is 18.1 Å². The number of aryl methyl sites for hydroxylation is 1. The van der Waals surface area contributed by atoms with E-state index in [4.69, 9.17) is 5.26 Å². The van der Waals surface area contributed by atoms with Crippen LogP contribution < -0.4 is 10.6 Å². The van der Waals surface area contributed by atoms with Crippen LogP contribution in [0.2, 0.25) is 0 Å². The van der Waals surface area contributed by atoms with E-state index in [1.54, 1.807) is 12.3 Å². The predicted octanol–water partition coefficient (Wildman–Crippen LogP) is 2.99. The lowest BCUT2D eigenvalue weighted by molar-refractivity contribution is -0.112. The van der Waals surface area contributed by atoms with Crippen molar-refractivity contribution in [2.24, 2.45) is 0 Å². The summed E-state index contributed by atoms with van der Waals surface area (Å²) in [6.07, 6.45) is 2.89. The second kappa shape index (κ2) is 6.99. The van der Waals surface area contributed by atoms with Gasteiger partial charge >= 0.3 is 0 Å². The van der Waals surface area contributed by atoms with E-state index in [2.05, 4.69) is 15.6 Å². The number of halogens is 1. The molecule has 1 amide bonds. The van der Waals surface area contributed by atoms with Crippen molar-refractivity contribution < 1.29 is 9.18 Å². The lowest BCUT2D eigenvalue weighted by Crippen LogP contribution is -2.14. The molecule has 2 aromatic rings. The Labute approximate surface area is 127 Å². The molecule has 0 saturated heterocycles. The highest BCUT2D eigenvalue weighted by atomic mass is 19.1. The Hall–Kier alpha value is -3.20. The Balaban J connectivity index is 2.09. The zero-order valence-electron chi connectivity index (χ0n) is 11.8. The lowest BCUT2D eigenvalue weighted by atomic mass is 10.2. The molecule has 6 heteroatoms. The normalized spacial score (nSPS) is 10.7. The number of nitriles is 1. The van der Waals surface area contributed by atoms with Crippen LogP contribution >= 0.6 is 0 Å². The molecule has 0 spiro atoms. The summed E-state index contributed by atoms with van der Waals surface area (Å²) in [5.41, 5.74) is 1.17. The summed E-state index contributed by atoms with van der Waals surface area (Å²) >= 11 is 0. The molecule has 0 unspecified atom stereocenters. The average molecular weight is 296 g/mol. The van der Waals surface area contributed by atoms with E-state index in [1.165, 1.54) is 30.5 Å². The molecule has 22 heavy (non-hydrogen) atoms. The first-order valence-electron chi connectivity index (χ1n) is 6.45. The van der Waals surface area contributed by atoms with Crippen molar-refractivity contribution in [3.05, 3.63) is 65.7 Å². The number of hydrogen-bond donors (Lipinski definition) is 2. The lowest BCUT2D eigenvalue weighted by Gasteiger charge is -2.06. The van der Waals surface area contributed by atoms with Gasteiger partial charge in [-0.15, -0.1) is 0 Å². The van der Waals surface area contributed by atoms with Crippen LogP contribution in [0.15, 0.2) is 54.4 Å².